The largest absolute Gasteiger partial charge is 0.0811 e. The van der Waals surface area contributed by atoms with Gasteiger partial charge in [0, 0.05) is 7.35 Å². The third-order valence-electron chi connectivity index (χ3n) is 1.07. The summed E-state index contributed by atoms with van der Waals surface area (Å²) in [5.74, 6) is 0. The van der Waals surface area contributed by atoms with Gasteiger partial charge >= 0.3 is 0 Å². The summed E-state index contributed by atoms with van der Waals surface area (Å²) in [5.41, 5.74) is 0. The summed E-state index contributed by atoms with van der Waals surface area (Å²) >= 11 is 5.00. The average Bonchev–Trinajstić information content (AvgIpc) is 1.73. The van der Waals surface area contributed by atoms with Crippen LogP contribution >= 0.6 is 45.2 Å². The lowest BCUT2D eigenvalue weighted by Gasteiger charge is -1.87. The highest BCUT2D eigenvalue weighted by Gasteiger charge is 2.45. The third-order valence-corrected chi connectivity index (χ3v) is 5.27. The number of hydrogen-bond acceptors (Lipinski definition) is 0. The molecule has 0 bridgehead atoms. The highest BCUT2D eigenvalue weighted by atomic mass is 127. The van der Waals surface area contributed by atoms with Crippen LogP contribution in [0.2, 0.25) is 0 Å². The van der Waals surface area contributed by atoms with Gasteiger partial charge in [0.05, 0.1) is 0 Å². The molecule has 36 valence electrons. The Labute approximate surface area is 65.4 Å². The summed E-state index contributed by atoms with van der Waals surface area (Å²) in [6, 6.07) is 0. The Morgan fingerprint density at radius 2 is 2.00 bits per heavy atom. The molecule has 0 aliphatic heterocycles. The normalized spacial score (nSPS) is 55.5. The Kier molecular flexibility index (Phi) is 1.37. The van der Waals surface area contributed by atoms with Crippen molar-refractivity contribution < 1.29 is 0 Å². The smallest absolute Gasteiger partial charge is 0.0322 e. The van der Waals surface area contributed by atoms with Crippen molar-refractivity contribution in [3.05, 3.63) is 0 Å². The zero-order chi connectivity index (χ0) is 4.78. The Morgan fingerprint density at radius 3 is 2.00 bits per heavy atom. The Balaban J connectivity index is 2.41. The van der Waals surface area contributed by atoms with Crippen molar-refractivity contribution in [1.82, 2.24) is 0 Å². The number of halogens is 2. The molecule has 0 aromatic rings. The van der Waals surface area contributed by atoms with Crippen molar-refractivity contribution in [2.45, 2.75) is 20.7 Å². The molecule has 0 heterocycles. The van der Waals surface area contributed by atoms with Crippen molar-refractivity contribution in [1.29, 1.82) is 0 Å². The van der Waals surface area contributed by atoms with Crippen molar-refractivity contribution in [2.24, 2.45) is 0 Å². The van der Waals surface area contributed by atoms with E-state index in [0.717, 1.165) is 3.92 Å². The first kappa shape index (κ1) is 5.59. The standard InChI is InChI=1S/C4H6I2/c1-4(6)2-3(4)5/h3H,2H2,1H3. The Hall–Kier alpha value is 1.46. The van der Waals surface area contributed by atoms with Crippen molar-refractivity contribution in [3.8, 4) is 0 Å². The van der Waals surface area contributed by atoms with E-state index in [0.29, 0.717) is 3.42 Å². The van der Waals surface area contributed by atoms with E-state index < -0.39 is 0 Å². The van der Waals surface area contributed by atoms with Gasteiger partial charge in [-0.25, -0.2) is 0 Å². The van der Waals surface area contributed by atoms with Crippen molar-refractivity contribution >= 4 is 45.2 Å². The summed E-state index contributed by atoms with van der Waals surface area (Å²) in [5, 5.41) is 0. The van der Waals surface area contributed by atoms with Gasteiger partial charge in [0.15, 0.2) is 0 Å². The molecule has 1 rings (SSSR count). The Bertz CT molecular complexity index is 67.9. The molecule has 2 atom stereocenters. The van der Waals surface area contributed by atoms with Crippen LogP contribution < -0.4 is 0 Å². The minimum atomic E-state index is 0.665. The van der Waals surface area contributed by atoms with E-state index in [-0.39, 0.29) is 0 Å². The zero-order valence-electron chi connectivity index (χ0n) is 3.54. The molecule has 1 fully saturated rings. The zero-order valence-corrected chi connectivity index (χ0v) is 7.86. The second-order valence-corrected chi connectivity index (χ2v) is 5.92. The summed E-state index contributed by atoms with van der Waals surface area (Å²) in [4.78, 5) is 0. The number of hydrogen-bond donors (Lipinski definition) is 0. The van der Waals surface area contributed by atoms with Crippen LogP contribution in [0.3, 0.4) is 0 Å². The van der Waals surface area contributed by atoms with Crippen LogP contribution in [-0.4, -0.2) is 7.35 Å². The maximum absolute atomic E-state index is 2.51. The lowest BCUT2D eigenvalue weighted by atomic mass is 10.5. The molecule has 0 radical (unpaired) electrons. The van der Waals surface area contributed by atoms with Gasteiger partial charge < -0.3 is 0 Å². The molecule has 1 aliphatic carbocycles. The third kappa shape index (κ3) is 0.993. The predicted molar refractivity (Wildman–Crippen MR) is 44.9 cm³/mol. The van der Waals surface area contributed by atoms with Crippen LogP contribution in [0.25, 0.3) is 0 Å². The average molecular weight is 308 g/mol. The van der Waals surface area contributed by atoms with E-state index in [1.54, 1.807) is 0 Å². The topological polar surface area (TPSA) is 0 Å². The maximum atomic E-state index is 2.51. The molecule has 1 saturated carbocycles. The van der Waals surface area contributed by atoms with Crippen LogP contribution in [0.5, 0.6) is 0 Å². The lowest BCUT2D eigenvalue weighted by Crippen LogP contribution is -1.87. The molecule has 0 N–H and O–H groups in total. The highest BCUT2D eigenvalue weighted by molar-refractivity contribution is 14.1. The molecule has 6 heavy (non-hydrogen) atoms. The fraction of sp³-hybridized carbons (Fsp3) is 1.00. The summed E-state index contributed by atoms with van der Waals surface area (Å²) < 4.78 is 1.62. The van der Waals surface area contributed by atoms with Gasteiger partial charge in [0.2, 0.25) is 0 Å². The molecule has 0 aromatic carbocycles. The second-order valence-electron chi connectivity index (χ2n) is 1.95. The molecule has 2 unspecified atom stereocenters. The van der Waals surface area contributed by atoms with Crippen LogP contribution in [0.4, 0.5) is 0 Å². The highest BCUT2D eigenvalue weighted by Crippen LogP contribution is 2.50. The Morgan fingerprint density at radius 1 is 1.83 bits per heavy atom. The molecule has 0 aromatic heterocycles. The van der Waals surface area contributed by atoms with Crippen LogP contribution in [0.15, 0.2) is 0 Å². The van der Waals surface area contributed by atoms with E-state index in [2.05, 4.69) is 52.1 Å². The SMILES string of the molecule is CC1(I)CC1I. The van der Waals surface area contributed by atoms with E-state index in [1.807, 2.05) is 0 Å². The van der Waals surface area contributed by atoms with Crippen LogP contribution in [0.1, 0.15) is 13.3 Å². The maximum Gasteiger partial charge on any atom is 0.0322 e. The molecule has 0 saturated heterocycles. The summed E-state index contributed by atoms with van der Waals surface area (Å²) in [6.45, 7) is 2.30. The van der Waals surface area contributed by atoms with Gasteiger partial charge in [0.1, 0.15) is 0 Å². The number of rotatable bonds is 0. The number of alkyl halides is 2. The lowest BCUT2D eigenvalue weighted by molar-refractivity contribution is 1.12. The van der Waals surface area contributed by atoms with E-state index in [1.165, 1.54) is 6.42 Å². The molecule has 0 spiro atoms. The molecule has 0 nitrogen and oxygen atoms in total. The first-order valence-corrected chi connectivity index (χ1v) is 4.28. The van der Waals surface area contributed by atoms with Gasteiger partial charge in [-0.15, -0.1) is 0 Å². The van der Waals surface area contributed by atoms with Gasteiger partial charge in [0.25, 0.3) is 0 Å². The minimum absolute atomic E-state index is 0.665. The molecular formula is C4H6I2. The van der Waals surface area contributed by atoms with E-state index >= 15 is 0 Å². The van der Waals surface area contributed by atoms with Crippen molar-refractivity contribution in [2.75, 3.05) is 0 Å². The minimum Gasteiger partial charge on any atom is -0.0811 e. The molecule has 0 amide bonds. The summed E-state index contributed by atoms with van der Waals surface area (Å²) in [6.07, 6.45) is 1.41. The van der Waals surface area contributed by atoms with Gasteiger partial charge in [-0.3, -0.25) is 0 Å². The van der Waals surface area contributed by atoms with E-state index in [4.69, 9.17) is 0 Å². The fourth-order valence-corrected chi connectivity index (χ4v) is 2.49. The molecule has 2 heteroatoms. The van der Waals surface area contributed by atoms with E-state index in [9.17, 15) is 0 Å². The van der Waals surface area contributed by atoms with Crippen molar-refractivity contribution in [3.63, 3.8) is 0 Å². The first-order chi connectivity index (χ1) is 2.63. The summed E-state index contributed by atoms with van der Waals surface area (Å²) in [7, 11) is 0. The van der Waals surface area contributed by atoms with Gasteiger partial charge in [-0.1, -0.05) is 45.2 Å². The van der Waals surface area contributed by atoms with Gasteiger partial charge in [-0.05, 0) is 13.3 Å². The van der Waals surface area contributed by atoms with Crippen LogP contribution in [0, 0.1) is 0 Å². The molecular weight excluding hydrogens is 302 g/mol. The molecule has 1 aliphatic rings. The fourth-order valence-electron chi connectivity index (χ4n) is 0.291. The quantitative estimate of drug-likeness (QED) is 0.476. The van der Waals surface area contributed by atoms with Crippen LogP contribution in [-0.2, 0) is 0 Å². The first-order valence-electron chi connectivity index (χ1n) is 1.96. The van der Waals surface area contributed by atoms with Gasteiger partial charge in [-0.2, -0.15) is 0 Å². The monoisotopic (exact) mass is 308 g/mol. The predicted octanol–water partition coefficient (Wildman–Crippen LogP) is 2.39. The second kappa shape index (κ2) is 1.47.